The topological polar surface area (TPSA) is 25.8 Å². The number of benzene rings is 9. The Balaban J connectivity index is 1.12. The van der Waals surface area contributed by atoms with Gasteiger partial charge in [-0.15, -0.1) is 11.3 Å². The first-order valence-corrected chi connectivity index (χ1v) is 21.9. The van der Waals surface area contributed by atoms with E-state index in [1.165, 1.54) is 103 Å². The number of pyridine rings is 2. The van der Waals surface area contributed by atoms with Crippen molar-refractivity contribution in [3.8, 4) is 44.5 Å². The zero-order chi connectivity index (χ0) is 41.3. The largest absolute Gasteiger partial charge is 0.256 e. The molecule has 12 rings (SSSR count). The summed E-state index contributed by atoms with van der Waals surface area (Å²) in [4.78, 5) is 9.46. The summed E-state index contributed by atoms with van der Waals surface area (Å²) in [7, 11) is 0. The number of rotatable bonds is 6. The van der Waals surface area contributed by atoms with Gasteiger partial charge in [0, 0.05) is 43.3 Å². The van der Waals surface area contributed by atoms with Gasteiger partial charge in [0.25, 0.3) is 0 Å². The Morgan fingerprint density at radius 1 is 0.452 bits per heavy atom. The third-order valence-corrected chi connectivity index (χ3v) is 13.8. The highest BCUT2D eigenvalue weighted by Gasteiger charge is 2.23. The van der Waals surface area contributed by atoms with Crippen molar-refractivity contribution >= 4 is 91.7 Å². The highest BCUT2D eigenvalue weighted by molar-refractivity contribution is 7.26. The van der Waals surface area contributed by atoms with Gasteiger partial charge in [0.1, 0.15) is 0 Å². The second-order valence-electron chi connectivity index (χ2n) is 16.1. The van der Waals surface area contributed by atoms with Gasteiger partial charge in [-0.2, -0.15) is 0 Å². The van der Waals surface area contributed by atoms with E-state index < -0.39 is 0 Å². The van der Waals surface area contributed by atoms with Crippen LogP contribution in [-0.4, -0.2) is 9.97 Å². The normalized spacial score (nSPS) is 12.0. The van der Waals surface area contributed by atoms with Gasteiger partial charge in [-0.05, 0) is 137 Å². The van der Waals surface area contributed by atoms with Gasteiger partial charge in [-0.1, -0.05) is 152 Å². The molecule has 9 aromatic carbocycles. The van der Waals surface area contributed by atoms with Crippen molar-refractivity contribution in [2.75, 3.05) is 0 Å². The molecule has 3 heteroatoms. The van der Waals surface area contributed by atoms with E-state index in [1.807, 2.05) is 41.9 Å². The number of thiophene rings is 1. The molecule has 0 bridgehead atoms. The molecule has 0 aliphatic heterocycles. The van der Waals surface area contributed by atoms with Crippen LogP contribution < -0.4 is 0 Å². The minimum atomic E-state index is 0.993. The van der Waals surface area contributed by atoms with Gasteiger partial charge in [0.2, 0.25) is 0 Å². The molecule has 2 nitrogen and oxygen atoms in total. The molecule has 0 unspecified atom stereocenters. The van der Waals surface area contributed by atoms with Gasteiger partial charge in [0.15, 0.2) is 0 Å². The van der Waals surface area contributed by atoms with Crippen LogP contribution in [-0.2, 0) is 0 Å². The zero-order valence-corrected chi connectivity index (χ0v) is 34.9. The Hall–Kier alpha value is -7.72. The highest BCUT2D eigenvalue weighted by atomic mass is 32.1. The van der Waals surface area contributed by atoms with Crippen molar-refractivity contribution in [3.05, 3.63) is 212 Å². The predicted molar refractivity (Wildman–Crippen MR) is 268 cm³/mol. The first-order chi connectivity index (χ1) is 30.6. The van der Waals surface area contributed by atoms with Crippen LogP contribution in [0.1, 0.15) is 11.1 Å². The van der Waals surface area contributed by atoms with Gasteiger partial charge < -0.3 is 0 Å². The van der Waals surface area contributed by atoms with Crippen molar-refractivity contribution in [2.24, 2.45) is 0 Å². The molecule has 3 aromatic heterocycles. The number of nitrogens with zero attached hydrogens (tertiary/aromatic N) is 2. The molecule has 12 aromatic rings. The molecule has 0 amide bonds. The van der Waals surface area contributed by atoms with Crippen LogP contribution in [0.15, 0.2) is 201 Å². The molecule has 3 heterocycles. The molecule has 0 atom stereocenters. The molecule has 0 radical (unpaired) electrons. The summed E-state index contributed by atoms with van der Waals surface area (Å²) >= 11 is 1.87. The van der Waals surface area contributed by atoms with Crippen molar-refractivity contribution in [2.45, 2.75) is 6.92 Å². The quantitative estimate of drug-likeness (QED) is 0.124. The summed E-state index contributed by atoms with van der Waals surface area (Å²) in [6.45, 7) is 6.36. The van der Waals surface area contributed by atoms with E-state index in [0.29, 0.717) is 0 Å². The Bertz CT molecular complexity index is 3790. The van der Waals surface area contributed by atoms with Crippen LogP contribution >= 0.6 is 11.3 Å². The monoisotopic (exact) mass is 806 g/mol. The van der Waals surface area contributed by atoms with E-state index in [1.54, 1.807) is 0 Å². The molecule has 0 aliphatic carbocycles. The van der Waals surface area contributed by atoms with Crippen molar-refractivity contribution in [1.29, 1.82) is 0 Å². The maximum atomic E-state index is 4.73. The summed E-state index contributed by atoms with van der Waals surface area (Å²) < 4.78 is 2.55. The molecule has 0 spiro atoms. The van der Waals surface area contributed by atoms with E-state index in [-0.39, 0.29) is 0 Å². The summed E-state index contributed by atoms with van der Waals surface area (Å²) in [5.41, 5.74) is 14.1. The van der Waals surface area contributed by atoms with E-state index >= 15 is 0 Å². The van der Waals surface area contributed by atoms with Crippen molar-refractivity contribution in [3.63, 3.8) is 0 Å². The van der Waals surface area contributed by atoms with Crippen LogP contribution in [0.25, 0.3) is 125 Å². The lowest BCUT2D eigenvalue weighted by molar-refractivity contribution is 1.41. The number of hydrogen-bond donors (Lipinski definition) is 0. The first kappa shape index (κ1) is 36.2. The van der Waals surface area contributed by atoms with Gasteiger partial charge in [-0.3, -0.25) is 9.97 Å². The fraction of sp³-hybridized carbons (Fsp3) is 0.0169. The average Bonchev–Trinajstić information content (AvgIpc) is 3.70. The number of fused-ring (bicyclic) bond motifs is 8. The van der Waals surface area contributed by atoms with Gasteiger partial charge in [0.05, 0.1) is 11.0 Å². The maximum Gasteiger partial charge on any atom is 0.0708 e. The second-order valence-corrected chi connectivity index (χ2v) is 17.2. The molecule has 0 N–H and O–H groups in total. The zero-order valence-electron chi connectivity index (χ0n) is 34.1. The smallest absolute Gasteiger partial charge is 0.0708 e. The molecule has 0 saturated carbocycles. The SMILES string of the molecule is C=C/C=C\c1c(C)c(-c2ccc3cccnc3c2)c2ccccc2c1-c1cccc2sc3ccc(-c4c5ccccc5c(-c5ccc6cccnc6c5)c5ccccc45)cc3c12. The second kappa shape index (κ2) is 14.5. The van der Waals surface area contributed by atoms with E-state index in [4.69, 9.17) is 9.97 Å². The van der Waals surface area contributed by atoms with Crippen LogP contribution in [0.4, 0.5) is 0 Å². The van der Waals surface area contributed by atoms with Crippen LogP contribution in [0.3, 0.4) is 0 Å². The van der Waals surface area contributed by atoms with E-state index in [2.05, 4.69) is 183 Å². The van der Waals surface area contributed by atoms with Crippen LogP contribution in [0.2, 0.25) is 0 Å². The third kappa shape index (κ3) is 5.63. The maximum absolute atomic E-state index is 4.73. The molecule has 290 valence electrons. The van der Waals surface area contributed by atoms with Gasteiger partial charge in [-0.25, -0.2) is 0 Å². The summed E-state index contributed by atoms with van der Waals surface area (Å²) in [5.74, 6) is 0. The Kier molecular flexibility index (Phi) is 8.45. The molecular formula is C59H38N2S. The lowest BCUT2D eigenvalue weighted by Crippen LogP contribution is -1.96. The molecule has 0 aliphatic rings. The Morgan fingerprint density at radius 3 is 1.55 bits per heavy atom. The Morgan fingerprint density at radius 2 is 0.968 bits per heavy atom. The van der Waals surface area contributed by atoms with Crippen LogP contribution in [0.5, 0.6) is 0 Å². The van der Waals surface area contributed by atoms with Gasteiger partial charge >= 0.3 is 0 Å². The van der Waals surface area contributed by atoms with E-state index in [0.717, 1.165) is 27.4 Å². The Labute approximate surface area is 363 Å². The molecule has 62 heavy (non-hydrogen) atoms. The molecule has 0 fully saturated rings. The number of aromatic nitrogens is 2. The average molecular weight is 807 g/mol. The summed E-state index contributed by atoms with van der Waals surface area (Å²) in [6.07, 6.45) is 9.95. The van der Waals surface area contributed by atoms with Crippen LogP contribution in [0, 0.1) is 6.92 Å². The minimum absolute atomic E-state index is 0.993. The fourth-order valence-corrected chi connectivity index (χ4v) is 11.1. The summed E-state index contributed by atoms with van der Waals surface area (Å²) in [5, 5.41) is 12.2. The summed E-state index contributed by atoms with van der Waals surface area (Å²) in [6, 6.07) is 62.3. The minimum Gasteiger partial charge on any atom is -0.256 e. The third-order valence-electron chi connectivity index (χ3n) is 12.7. The predicted octanol–water partition coefficient (Wildman–Crippen LogP) is 16.8. The van der Waals surface area contributed by atoms with Crippen molar-refractivity contribution < 1.29 is 0 Å². The van der Waals surface area contributed by atoms with Crippen molar-refractivity contribution in [1.82, 2.24) is 9.97 Å². The first-order valence-electron chi connectivity index (χ1n) is 21.1. The standard InChI is InChI=1S/C59H38N2S/c1-3-4-16-42-36(2)55(40-27-25-37-14-12-31-60-51(37)34-40)43-17-5-10-22-48(43)58(42)49-23-11-24-54-59(49)50-33-39(29-30-53(50)62-54)56-44-18-6-8-20-46(44)57(47-21-9-7-19-45(47)56)41-28-26-38-15-13-32-61-52(38)35-41/h3-35H,1H2,2H3/b16-4-. The lowest BCUT2D eigenvalue weighted by atomic mass is 9.82. The highest BCUT2D eigenvalue weighted by Crippen LogP contribution is 2.50. The fourth-order valence-electron chi connectivity index (χ4n) is 10.0. The number of hydrogen-bond acceptors (Lipinski definition) is 3. The lowest BCUT2D eigenvalue weighted by Gasteiger charge is -2.21. The van der Waals surface area contributed by atoms with E-state index in [9.17, 15) is 0 Å². The molecular weight excluding hydrogens is 769 g/mol. The number of allylic oxidation sites excluding steroid dienone is 2. The molecule has 0 saturated heterocycles.